The van der Waals surface area contributed by atoms with Crippen molar-refractivity contribution in [3.05, 3.63) is 90.0 Å². The van der Waals surface area contributed by atoms with Gasteiger partial charge in [0.2, 0.25) is 5.91 Å². The van der Waals surface area contributed by atoms with Crippen molar-refractivity contribution in [2.75, 3.05) is 33.4 Å². The third kappa shape index (κ3) is 6.54. The van der Waals surface area contributed by atoms with Crippen LogP contribution in [-0.2, 0) is 11.3 Å². The van der Waals surface area contributed by atoms with Gasteiger partial charge in [-0.05, 0) is 37.3 Å². The first-order valence-corrected chi connectivity index (χ1v) is 13.5. The molecule has 0 spiro atoms. The molecule has 0 saturated heterocycles. The van der Waals surface area contributed by atoms with E-state index >= 15 is 0 Å². The fourth-order valence-electron chi connectivity index (χ4n) is 4.58. The summed E-state index contributed by atoms with van der Waals surface area (Å²) in [6.45, 7) is 2.31. The highest BCUT2D eigenvalue weighted by molar-refractivity contribution is 5.97. The molecular weight excluding hydrogens is 538 g/mol. The molecule has 1 atom stereocenters. The third-order valence-corrected chi connectivity index (χ3v) is 6.70. The van der Waals surface area contributed by atoms with Gasteiger partial charge in [-0.1, -0.05) is 30.3 Å². The molecule has 216 valence electrons. The van der Waals surface area contributed by atoms with Gasteiger partial charge in [0.15, 0.2) is 17.3 Å². The number of nitrogens with one attached hydrogen (secondary N) is 2. The van der Waals surface area contributed by atoms with Gasteiger partial charge in [-0.2, -0.15) is 5.10 Å². The lowest BCUT2D eigenvalue weighted by atomic mass is 10.2. The first kappa shape index (κ1) is 28.3. The molecule has 0 fully saturated rings. The lowest BCUT2D eigenvalue weighted by Gasteiger charge is -2.23. The second kappa shape index (κ2) is 12.9. The second-order valence-electron chi connectivity index (χ2n) is 9.60. The van der Waals surface area contributed by atoms with E-state index in [1.54, 1.807) is 35.0 Å². The maximum atomic E-state index is 13.3. The molecule has 0 saturated carbocycles. The number of ether oxygens (including phenoxy) is 2. The SMILES string of the molecule is COc1ccc2cc1OCCn1nc(-c3ccccc3)nc1[C@@H](C)NC(=O)CN(C(=O)c1ccncc1)CCNC2=O. The van der Waals surface area contributed by atoms with Gasteiger partial charge in [0.25, 0.3) is 11.8 Å². The molecule has 0 unspecified atom stereocenters. The van der Waals surface area contributed by atoms with Crippen molar-refractivity contribution in [1.82, 2.24) is 35.3 Å². The lowest BCUT2D eigenvalue weighted by molar-refractivity contribution is -0.122. The fourth-order valence-corrected chi connectivity index (χ4v) is 4.58. The topological polar surface area (TPSA) is 141 Å². The Balaban J connectivity index is 1.48. The van der Waals surface area contributed by atoms with Gasteiger partial charge in [0.05, 0.1) is 26.2 Å². The summed E-state index contributed by atoms with van der Waals surface area (Å²) in [5, 5.41) is 10.5. The van der Waals surface area contributed by atoms with Crippen LogP contribution in [0.2, 0.25) is 0 Å². The van der Waals surface area contributed by atoms with Gasteiger partial charge < -0.3 is 25.0 Å². The molecular formula is C30H31N7O5. The van der Waals surface area contributed by atoms with Crippen LogP contribution in [0.3, 0.4) is 0 Å². The number of rotatable bonds is 3. The molecule has 2 aromatic carbocycles. The van der Waals surface area contributed by atoms with Crippen LogP contribution in [0.25, 0.3) is 11.4 Å². The van der Waals surface area contributed by atoms with E-state index < -0.39 is 6.04 Å². The summed E-state index contributed by atoms with van der Waals surface area (Å²) in [4.78, 5) is 49.6. The summed E-state index contributed by atoms with van der Waals surface area (Å²) in [5.74, 6) is 0.808. The first-order valence-electron chi connectivity index (χ1n) is 13.5. The van der Waals surface area contributed by atoms with Crippen molar-refractivity contribution in [3.8, 4) is 22.9 Å². The highest BCUT2D eigenvalue weighted by Gasteiger charge is 2.24. The van der Waals surface area contributed by atoms with E-state index in [-0.39, 0.29) is 44.0 Å². The molecule has 5 rings (SSSR count). The number of benzene rings is 2. The molecule has 1 aliphatic rings. The summed E-state index contributed by atoms with van der Waals surface area (Å²) in [6, 6.07) is 17.1. The largest absolute Gasteiger partial charge is 0.493 e. The second-order valence-corrected chi connectivity index (χ2v) is 9.60. The Hall–Kier alpha value is -5.26. The van der Waals surface area contributed by atoms with Crippen LogP contribution < -0.4 is 20.1 Å². The Morgan fingerprint density at radius 3 is 2.57 bits per heavy atom. The van der Waals surface area contributed by atoms with E-state index in [1.807, 2.05) is 37.3 Å². The Morgan fingerprint density at radius 2 is 1.81 bits per heavy atom. The van der Waals surface area contributed by atoms with Gasteiger partial charge in [-0.3, -0.25) is 19.4 Å². The number of nitrogens with zero attached hydrogens (tertiary/aromatic N) is 5. The van der Waals surface area contributed by atoms with E-state index in [4.69, 9.17) is 19.6 Å². The standard InChI is InChI=1S/C30H31N7O5/c1-20-28-34-27(21-6-4-3-5-7-21)35-37(28)16-17-42-25-18-23(8-9-24(25)41-2)29(39)32-14-15-36(19-26(38)33-20)30(40)22-10-12-31-13-11-22/h3-13,18,20H,14-17,19H2,1-2H3,(H,32,39)(H,33,38)/t20-/m1/s1. The molecule has 3 heterocycles. The zero-order valence-electron chi connectivity index (χ0n) is 23.3. The molecule has 3 amide bonds. The number of aromatic nitrogens is 4. The van der Waals surface area contributed by atoms with Crippen molar-refractivity contribution < 1.29 is 23.9 Å². The number of methoxy groups -OCH3 is 1. The highest BCUT2D eigenvalue weighted by atomic mass is 16.5. The molecule has 12 nitrogen and oxygen atoms in total. The maximum absolute atomic E-state index is 13.3. The Bertz CT molecular complexity index is 1560. The van der Waals surface area contributed by atoms with Crippen molar-refractivity contribution in [1.29, 1.82) is 0 Å². The van der Waals surface area contributed by atoms with E-state index in [0.29, 0.717) is 40.8 Å². The molecule has 12 heteroatoms. The van der Waals surface area contributed by atoms with Crippen LogP contribution >= 0.6 is 0 Å². The van der Waals surface area contributed by atoms with Crippen molar-refractivity contribution >= 4 is 17.7 Å². The number of pyridine rings is 1. The van der Waals surface area contributed by atoms with Crippen molar-refractivity contribution in [3.63, 3.8) is 0 Å². The number of carbonyl (C=O) groups is 3. The lowest BCUT2D eigenvalue weighted by Crippen LogP contribution is -2.45. The predicted octanol–water partition coefficient (Wildman–Crippen LogP) is 2.49. The van der Waals surface area contributed by atoms with Crippen molar-refractivity contribution in [2.45, 2.75) is 19.5 Å². The zero-order chi connectivity index (χ0) is 29.5. The molecule has 4 aromatic rings. The number of amides is 3. The van der Waals surface area contributed by atoms with E-state index in [1.165, 1.54) is 24.4 Å². The maximum Gasteiger partial charge on any atom is 0.254 e. The average Bonchev–Trinajstić information content (AvgIpc) is 3.45. The van der Waals surface area contributed by atoms with Crippen LogP contribution in [-0.4, -0.2) is 75.7 Å². The Labute approximate surface area is 242 Å². The molecule has 1 aliphatic heterocycles. The van der Waals surface area contributed by atoms with Gasteiger partial charge in [-0.25, -0.2) is 9.67 Å². The Kier molecular flexibility index (Phi) is 8.71. The molecule has 0 radical (unpaired) electrons. The van der Waals surface area contributed by atoms with E-state index in [2.05, 4.69) is 15.6 Å². The van der Waals surface area contributed by atoms with Crippen LogP contribution in [0.5, 0.6) is 11.5 Å². The van der Waals surface area contributed by atoms with Crippen molar-refractivity contribution in [2.24, 2.45) is 0 Å². The number of hydrogen-bond donors (Lipinski definition) is 2. The summed E-state index contributed by atoms with van der Waals surface area (Å²) in [7, 11) is 1.53. The molecule has 0 aliphatic carbocycles. The first-order chi connectivity index (χ1) is 20.4. The average molecular weight is 570 g/mol. The molecule has 2 aromatic heterocycles. The van der Waals surface area contributed by atoms with Gasteiger partial charge in [0.1, 0.15) is 12.4 Å². The predicted molar refractivity (Wildman–Crippen MR) is 153 cm³/mol. The number of fused-ring (bicyclic) bond motifs is 3. The third-order valence-electron chi connectivity index (χ3n) is 6.70. The molecule has 42 heavy (non-hydrogen) atoms. The molecule has 2 N–H and O–H groups in total. The van der Waals surface area contributed by atoms with Crippen LogP contribution in [0.15, 0.2) is 73.1 Å². The summed E-state index contributed by atoms with van der Waals surface area (Å²) in [6.07, 6.45) is 3.02. The van der Waals surface area contributed by atoms with E-state index in [9.17, 15) is 14.4 Å². The van der Waals surface area contributed by atoms with Crippen LogP contribution in [0, 0.1) is 0 Å². The van der Waals surface area contributed by atoms with E-state index in [0.717, 1.165) is 5.56 Å². The highest BCUT2D eigenvalue weighted by Crippen LogP contribution is 2.28. The number of carbonyl (C=O) groups excluding carboxylic acids is 3. The zero-order valence-corrected chi connectivity index (χ0v) is 23.3. The fraction of sp³-hybridized carbons (Fsp3) is 0.267. The smallest absolute Gasteiger partial charge is 0.254 e. The number of hydrogen-bond acceptors (Lipinski definition) is 8. The minimum atomic E-state index is -0.534. The summed E-state index contributed by atoms with van der Waals surface area (Å²) < 4.78 is 13.2. The van der Waals surface area contributed by atoms with Gasteiger partial charge in [-0.15, -0.1) is 0 Å². The normalized spacial score (nSPS) is 16.3. The monoisotopic (exact) mass is 569 g/mol. The summed E-state index contributed by atoms with van der Waals surface area (Å²) >= 11 is 0. The minimum Gasteiger partial charge on any atom is -0.493 e. The minimum absolute atomic E-state index is 0.0997. The Morgan fingerprint density at radius 1 is 1.02 bits per heavy atom. The quantitative estimate of drug-likeness (QED) is 0.384. The molecule has 2 bridgehead atoms. The van der Waals surface area contributed by atoms with Crippen LogP contribution in [0.1, 0.15) is 39.5 Å². The van der Waals surface area contributed by atoms with Gasteiger partial charge in [0, 0.05) is 42.2 Å². The van der Waals surface area contributed by atoms with Gasteiger partial charge >= 0.3 is 0 Å². The summed E-state index contributed by atoms with van der Waals surface area (Å²) in [5.41, 5.74) is 1.57. The van der Waals surface area contributed by atoms with Crippen LogP contribution in [0.4, 0.5) is 0 Å².